The number of hydrogen-bond acceptors (Lipinski definition) is 4. The summed E-state index contributed by atoms with van der Waals surface area (Å²) in [4.78, 5) is 2.69. The molecule has 1 aromatic heterocycles. The zero-order valence-electron chi connectivity index (χ0n) is 7.70. The Labute approximate surface area is 84.8 Å². The zero-order valence-corrected chi connectivity index (χ0v) is 7.70. The van der Waals surface area contributed by atoms with Gasteiger partial charge in [-0.1, -0.05) is 29.4 Å². The van der Waals surface area contributed by atoms with Crippen LogP contribution in [-0.4, -0.2) is 20.6 Å². The van der Waals surface area contributed by atoms with Gasteiger partial charge in [0, 0.05) is 10.5 Å². The van der Waals surface area contributed by atoms with Crippen molar-refractivity contribution in [1.29, 1.82) is 0 Å². The Morgan fingerprint density at radius 3 is 2.73 bits per heavy atom. The van der Waals surface area contributed by atoms with E-state index in [0.717, 1.165) is 11.1 Å². The first-order valence-electron chi connectivity index (χ1n) is 4.24. The van der Waals surface area contributed by atoms with Gasteiger partial charge in [-0.05, 0) is 16.3 Å². The van der Waals surface area contributed by atoms with E-state index in [0.29, 0.717) is 12.4 Å². The zero-order chi connectivity index (χ0) is 10.5. The van der Waals surface area contributed by atoms with E-state index in [2.05, 4.69) is 30.7 Å². The number of benzene rings is 1. The summed E-state index contributed by atoms with van der Waals surface area (Å²) in [6, 6.07) is 7.43. The first kappa shape index (κ1) is 9.17. The standard InChI is InChI=1S/C8H7N7/c9-13-10-5-6-1-3-7(4-2-6)8-11-14-15-12-8/h1-4H,5H2,(H,11,12,14,15). The number of hydrogen-bond donors (Lipinski definition) is 1. The average Bonchev–Trinajstić information content (AvgIpc) is 2.80. The molecule has 0 fully saturated rings. The lowest BCUT2D eigenvalue weighted by Gasteiger charge is -1.96. The molecule has 7 nitrogen and oxygen atoms in total. The Kier molecular flexibility index (Phi) is 2.57. The van der Waals surface area contributed by atoms with Crippen LogP contribution in [0.15, 0.2) is 29.4 Å². The van der Waals surface area contributed by atoms with Gasteiger partial charge in [0.2, 0.25) is 5.82 Å². The Balaban J connectivity index is 2.21. The minimum Gasteiger partial charge on any atom is -0.177 e. The van der Waals surface area contributed by atoms with Crippen LogP contribution >= 0.6 is 0 Å². The molecule has 0 aliphatic rings. The number of aromatic nitrogens is 4. The lowest BCUT2D eigenvalue weighted by molar-refractivity contribution is 0.881. The molecule has 0 aliphatic heterocycles. The first-order chi connectivity index (χ1) is 7.40. The molecule has 0 aliphatic carbocycles. The molecule has 0 saturated carbocycles. The third-order valence-corrected chi connectivity index (χ3v) is 1.87. The molecule has 1 aromatic carbocycles. The molecular weight excluding hydrogens is 194 g/mol. The van der Waals surface area contributed by atoms with Crippen LogP contribution in [0.4, 0.5) is 0 Å². The Morgan fingerprint density at radius 2 is 2.13 bits per heavy atom. The smallest absolute Gasteiger partial charge is 0.177 e. The van der Waals surface area contributed by atoms with Crippen LogP contribution < -0.4 is 0 Å². The van der Waals surface area contributed by atoms with Gasteiger partial charge in [-0.25, -0.2) is 0 Å². The van der Waals surface area contributed by atoms with E-state index in [1.54, 1.807) is 0 Å². The van der Waals surface area contributed by atoms with Crippen molar-refractivity contribution in [2.75, 3.05) is 0 Å². The number of nitrogens with one attached hydrogen (secondary N) is 1. The molecule has 1 heterocycles. The summed E-state index contributed by atoms with van der Waals surface area (Å²) < 4.78 is 0. The van der Waals surface area contributed by atoms with Crippen LogP contribution in [0.5, 0.6) is 0 Å². The fourth-order valence-electron chi connectivity index (χ4n) is 1.16. The van der Waals surface area contributed by atoms with Crippen molar-refractivity contribution in [1.82, 2.24) is 20.6 Å². The number of tetrazole rings is 1. The van der Waals surface area contributed by atoms with Crippen LogP contribution in [0.3, 0.4) is 0 Å². The molecular formula is C8H7N7. The van der Waals surface area contributed by atoms with E-state index in [-0.39, 0.29) is 0 Å². The Hall–Kier alpha value is -2.40. The second-order valence-corrected chi connectivity index (χ2v) is 2.82. The van der Waals surface area contributed by atoms with Crippen molar-refractivity contribution in [3.8, 4) is 11.4 Å². The Morgan fingerprint density at radius 1 is 1.33 bits per heavy atom. The van der Waals surface area contributed by atoms with E-state index in [9.17, 15) is 0 Å². The number of nitrogens with zero attached hydrogens (tertiary/aromatic N) is 6. The normalized spacial score (nSPS) is 9.60. The average molecular weight is 201 g/mol. The highest BCUT2D eigenvalue weighted by atomic mass is 15.5. The molecule has 0 unspecified atom stereocenters. The molecule has 0 spiro atoms. The monoisotopic (exact) mass is 201 g/mol. The van der Waals surface area contributed by atoms with Gasteiger partial charge in [-0.15, -0.1) is 10.2 Å². The maximum atomic E-state index is 8.16. The highest BCUT2D eigenvalue weighted by Gasteiger charge is 2.01. The van der Waals surface area contributed by atoms with E-state index < -0.39 is 0 Å². The highest BCUT2D eigenvalue weighted by molar-refractivity contribution is 5.53. The van der Waals surface area contributed by atoms with Crippen LogP contribution in [0.25, 0.3) is 21.8 Å². The quantitative estimate of drug-likeness (QED) is 0.464. The lowest BCUT2D eigenvalue weighted by Crippen LogP contribution is -1.83. The van der Waals surface area contributed by atoms with Crippen molar-refractivity contribution < 1.29 is 0 Å². The maximum Gasteiger partial charge on any atom is 0.204 e. The third kappa shape index (κ3) is 2.09. The molecule has 0 radical (unpaired) electrons. The molecule has 0 amide bonds. The third-order valence-electron chi connectivity index (χ3n) is 1.87. The van der Waals surface area contributed by atoms with Crippen LogP contribution in [0.1, 0.15) is 5.56 Å². The molecule has 7 heteroatoms. The largest absolute Gasteiger partial charge is 0.204 e. The summed E-state index contributed by atoms with van der Waals surface area (Å²) in [5.74, 6) is 0.547. The van der Waals surface area contributed by atoms with Crippen molar-refractivity contribution in [2.45, 2.75) is 6.54 Å². The van der Waals surface area contributed by atoms with Gasteiger partial charge in [-0.3, -0.25) is 0 Å². The second kappa shape index (κ2) is 4.21. The molecule has 2 rings (SSSR count). The first-order valence-corrected chi connectivity index (χ1v) is 4.24. The van der Waals surface area contributed by atoms with Gasteiger partial charge in [0.15, 0.2) is 0 Å². The summed E-state index contributed by atoms with van der Waals surface area (Å²) in [6.07, 6.45) is 0. The van der Waals surface area contributed by atoms with Gasteiger partial charge in [0.25, 0.3) is 0 Å². The van der Waals surface area contributed by atoms with Crippen molar-refractivity contribution in [2.24, 2.45) is 5.11 Å². The van der Waals surface area contributed by atoms with Crippen LogP contribution in [0.2, 0.25) is 0 Å². The van der Waals surface area contributed by atoms with E-state index in [1.807, 2.05) is 24.3 Å². The minimum atomic E-state index is 0.350. The Bertz CT molecular complexity index is 466. The predicted octanol–water partition coefficient (Wildman–Crippen LogP) is 1.68. The molecule has 0 saturated heterocycles. The summed E-state index contributed by atoms with van der Waals surface area (Å²) in [5, 5.41) is 17.0. The molecule has 2 aromatic rings. The van der Waals surface area contributed by atoms with Crippen molar-refractivity contribution >= 4 is 0 Å². The summed E-state index contributed by atoms with van der Waals surface area (Å²) in [7, 11) is 0. The molecule has 0 atom stereocenters. The van der Waals surface area contributed by atoms with Crippen molar-refractivity contribution in [3.63, 3.8) is 0 Å². The minimum absolute atomic E-state index is 0.350. The number of H-pyrrole nitrogens is 1. The molecule has 74 valence electrons. The maximum absolute atomic E-state index is 8.16. The molecule has 15 heavy (non-hydrogen) atoms. The summed E-state index contributed by atoms with van der Waals surface area (Å²) >= 11 is 0. The van der Waals surface area contributed by atoms with Crippen LogP contribution in [0, 0.1) is 0 Å². The topological polar surface area (TPSA) is 103 Å². The summed E-state index contributed by atoms with van der Waals surface area (Å²) in [6.45, 7) is 0.350. The van der Waals surface area contributed by atoms with Gasteiger partial charge < -0.3 is 0 Å². The number of rotatable bonds is 3. The van der Waals surface area contributed by atoms with Gasteiger partial charge >= 0.3 is 0 Å². The SMILES string of the molecule is [N-]=[N+]=NCc1ccc(-c2nn[nH]n2)cc1. The second-order valence-electron chi connectivity index (χ2n) is 2.82. The predicted molar refractivity (Wildman–Crippen MR) is 52.5 cm³/mol. The molecule has 0 bridgehead atoms. The van der Waals surface area contributed by atoms with E-state index >= 15 is 0 Å². The molecule has 1 N–H and O–H groups in total. The fourth-order valence-corrected chi connectivity index (χ4v) is 1.16. The highest BCUT2D eigenvalue weighted by Crippen LogP contribution is 2.14. The van der Waals surface area contributed by atoms with Crippen molar-refractivity contribution in [3.05, 3.63) is 40.3 Å². The van der Waals surface area contributed by atoms with Crippen LogP contribution in [-0.2, 0) is 6.54 Å². The fraction of sp³-hybridized carbons (Fsp3) is 0.125. The summed E-state index contributed by atoms with van der Waals surface area (Å²) in [5.41, 5.74) is 9.97. The lowest BCUT2D eigenvalue weighted by atomic mass is 10.1. The number of aromatic amines is 1. The van der Waals surface area contributed by atoms with E-state index in [1.165, 1.54) is 0 Å². The van der Waals surface area contributed by atoms with Gasteiger partial charge in [0.05, 0.1) is 6.54 Å². The van der Waals surface area contributed by atoms with E-state index in [4.69, 9.17) is 5.53 Å². The van der Waals surface area contributed by atoms with Gasteiger partial charge in [0.1, 0.15) is 0 Å². The number of azide groups is 1. The van der Waals surface area contributed by atoms with Gasteiger partial charge in [-0.2, -0.15) is 5.21 Å².